The second-order valence-corrected chi connectivity index (χ2v) is 5.57. The molecule has 0 aromatic heterocycles. The summed E-state index contributed by atoms with van der Waals surface area (Å²) in [6, 6.07) is 0.658. The fourth-order valence-electron chi connectivity index (χ4n) is 3.11. The SMILES string of the molecule is CCC1(CN(C)C2CCOC2)CCCNC1. The van der Waals surface area contributed by atoms with Crippen molar-refractivity contribution in [2.45, 2.75) is 38.6 Å². The van der Waals surface area contributed by atoms with Gasteiger partial charge in [0.2, 0.25) is 0 Å². The summed E-state index contributed by atoms with van der Waals surface area (Å²) >= 11 is 0. The number of likely N-dealkylation sites (N-methyl/N-ethyl adjacent to an activating group) is 1. The van der Waals surface area contributed by atoms with E-state index in [-0.39, 0.29) is 0 Å². The first-order valence-corrected chi connectivity index (χ1v) is 6.74. The lowest BCUT2D eigenvalue weighted by molar-refractivity contribution is 0.0913. The minimum atomic E-state index is 0.510. The summed E-state index contributed by atoms with van der Waals surface area (Å²) in [4.78, 5) is 2.53. The molecule has 3 heteroatoms. The van der Waals surface area contributed by atoms with Crippen LogP contribution in [0.15, 0.2) is 0 Å². The molecule has 16 heavy (non-hydrogen) atoms. The fourth-order valence-corrected chi connectivity index (χ4v) is 3.11. The molecule has 2 aliphatic heterocycles. The number of hydrogen-bond donors (Lipinski definition) is 1. The standard InChI is InChI=1S/C13H26N2O/c1-3-13(6-4-7-14-10-13)11-15(2)12-5-8-16-9-12/h12,14H,3-11H2,1-2H3. The van der Waals surface area contributed by atoms with Gasteiger partial charge in [0.05, 0.1) is 6.61 Å². The number of hydrogen-bond acceptors (Lipinski definition) is 3. The van der Waals surface area contributed by atoms with E-state index >= 15 is 0 Å². The van der Waals surface area contributed by atoms with Gasteiger partial charge in [-0.05, 0) is 44.7 Å². The highest BCUT2D eigenvalue weighted by molar-refractivity contribution is 4.88. The molecule has 2 fully saturated rings. The predicted octanol–water partition coefficient (Wildman–Crippen LogP) is 1.49. The van der Waals surface area contributed by atoms with Crippen molar-refractivity contribution < 1.29 is 4.74 Å². The molecule has 0 aliphatic carbocycles. The van der Waals surface area contributed by atoms with Gasteiger partial charge in [-0.15, -0.1) is 0 Å². The van der Waals surface area contributed by atoms with Crippen LogP contribution in [0.5, 0.6) is 0 Å². The molecule has 2 atom stereocenters. The molecule has 3 nitrogen and oxygen atoms in total. The van der Waals surface area contributed by atoms with Crippen molar-refractivity contribution in [1.82, 2.24) is 10.2 Å². The lowest BCUT2D eigenvalue weighted by atomic mass is 9.77. The molecule has 0 spiro atoms. The van der Waals surface area contributed by atoms with Gasteiger partial charge in [0.15, 0.2) is 0 Å². The molecule has 2 saturated heterocycles. The topological polar surface area (TPSA) is 24.5 Å². The van der Waals surface area contributed by atoms with Crippen LogP contribution in [0.25, 0.3) is 0 Å². The Balaban J connectivity index is 1.89. The van der Waals surface area contributed by atoms with E-state index in [0.29, 0.717) is 11.5 Å². The average molecular weight is 226 g/mol. The Labute approximate surface area is 99.5 Å². The molecular weight excluding hydrogens is 200 g/mol. The summed E-state index contributed by atoms with van der Waals surface area (Å²) in [6.45, 7) is 7.85. The molecule has 0 radical (unpaired) electrons. The maximum Gasteiger partial charge on any atom is 0.0622 e. The van der Waals surface area contributed by atoms with Crippen molar-refractivity contribution >= 4 is 0 Å². The second kappa shape index (κ2) is 5.48. The monoisotopic (exact) mass is 226 g/mol. The highest BCUT2D eigenvalue weighted by Crippen LogP contribution is 2.31. The number of nitrogens with zero attached hydrogens (tertiary/aromatic N) is 1. The molecule has 2 aliphatic rings. The van der Waals surface area contributed by atoms with Gasteiger partial charge in [0.1, 0.15) is 0 Å². The largest absolute Gasteiger partial charge is 0.380 e. The number of piperidine rings is 1. The Hall–Kier alpha value is -0.120. The first-order chi connectivity index (χ1) is 7.76. The van der Waals surface area contributed by atoms with Gasteiger partial charge in [0.25, 0.3) is 0 Å². The Morgan fingerprint density at radius 2 is 2.38 bits per heavy atom. The quantitative estimate of drug-likeness (QED) is 0.786. The highest BCUT2D eigenvalue weighted by atomic mass is 16.5. The number of rotatable bonds is 4. The second-order valence-electron chi connectivity index (χ2n) is 5.57. The van der Waals surface area contributed by atoms with E-state index in [1.165, 1.54) is 45.3 Å². The Morgan fingerprint density at radius 3 is 2.94 bits per heavy atom. The van der Waals surface area contributed by atoms with Gasteiger partial charge >= 0.3 is 0 Å². The average Bonchev–Trinajstić information content (AvgIpc) is 2.84. The minimum absolute atomic E-state index is 0.510. The molecule has 0 aromatic carbocycles. The molecule has 94 valence electrons. The number of ether oxygens (including phenoxy) is 1. The Morgan fingerprint density at radius 1 is 1.50 bits per heavy atom. The summed E-state index contributed by atoms with van der Waals surface area (Å²) in [5.74, 6) is 0. The van der Waals surface area contributed by atoms with Crippen molar-refractivity contribution in [3.63, 3.8) is 0 Å². The van der Waals surface area contributed by atoms with E-state index in [2.05, 4.69) is 24.2 Å². The van der Waals surface area contributed by atoms with Crippen LogP contribution in [0.2, 0.25) is 0 Å². The predicted molar refractivity (Wildman–Crippen MR) is 66.7 cm³/mol. The van der Waals surface area contributed by atoms with Crippen LogP contribution in [-0.2, 0) is 4.74 Å². The molecule has 0 amide bonds. The zero-order valence-electron chi connectivity index (χ0n) is 10.8. The van der Waals surface area contributed by atoms with Gasteiger partial charge in [-0.25, -0.2) is 0 Å². The summed E-state index contributed by atoms with van der Waals surface area (Å²) in [7, 11) is 2.27. The molecule has 0 saturated carbocycles. The third kappa shape index (κ3) is 2.76. The van der Waals surface area contributed by atoms with Gasteiger partial charge in [0, 0.05) is 25.7 Å². The molecule has 2 rings (SSSR count). The third-order valence-corrected chi connectivity index (χ3v) is 4.42. The first-order valence-electron chi connectivity index (χ1n) is 6.74. The van der Waals surface area contributed by atoms with Gasteiger partial charge in [-0.3, -0.25) is 0 Å². The van der Waals surface area contributed by atoms with Crippen LogP contribution in [0, 0.1) is 5.41 Å². The van der Waals surface area contributed by atoms with Crippen molar-refractivity contribution in [1.29, 1.82) is 0 Å². The van der Waals surface area contributed by atoms with Gasteiger partial charge < -0.3 is 15.0 Å². The lowest BCUT2D eigenvalue weighted by Gasteiger charge is -2.41. The first kappa shape index (κ1) is 12.3. The maximum absolute atomic E-state index is 5.48. The summed E-state index contributed by atoms with van der Waals surface area (Å²) in [5.41, 5.74) is 0.510. The minimum Gasteiger partial charge on any atom is -0.380 e. The van der Waals surface area contributed by atoms with E-state index in [4.69, 9.17) is 4.74 Å². The van der Waals surface area contributed by atoms with E-state index in [9.17, 15) is 0 Å². The van der Waals surface area contributed by atoms with E-state index in [1.54, 1.807) is 0 Å². The van der Waals surface area contributed by atoms with E-state index in [1.807, 2.05) is 0 Å². The van der Waals surface area contributed by atoms with Crippen LogP contribution in [0.1, 0.15) is 32.6 Å². The van der Waals surface area contributed by atoms with Crippen molar-refractivity contribution in [3.05, 3.63) is 0 Å². The smallest absolute Gasteiger partial charge is 0.0622 e. The molecule has 0 bridgehead atoms. The fraction of sp³-hybridized carbons (Fsp3) is 1.00. The van der Waals surface area contributed by atoms with Crippen LogP contribution < -0.4 is 5.32 Å². The summed E-state index contributed by atoms with van der Waals surface area (Å²) in [6.07, 6.45) is 5.22. The lowest BCUT2D eigenvalue weighted by Crippen LogP contribution is -2.48. The molecule has 2 heterocycles. The maximum atomic E-state index is 5.48. The summed E-state index contributed by atoms with van der Waals surface area (Å²) < 4.78 is 5.48. The van der Waals surface area contributed by atoms with Gasteiger partial charge in [-0.1, -0.05) is 6.92 Å². The molecule has 1 N–H and O–H groups in total. The van der Waals surface area contributed by atoms with Crippen molar-refractivity contribution in [2.75, 3.05) is 39.9 Å². The zero-order valence-corrected chi connectivity index (χ0v) is 10.8. The Bertz CT molecular complexity index is 208. The molecular formula is C13H26N2O. The van der Waals surface area contributed by atoms with Gasteiger partial charge in [-0.2, -0.15) is 0 Å². The van der Waals surface area contributed by atoms with E-state index in [0.717, 1.165) is 13.2 Å². The summed E-state index contributed by atoms with van der Waals surface area (Å²) in [5, 5.41) is 3.56. The van der Waals surface area contributed by atoms with Crippen LogP contribution in [0.3, 0.4) is 0 Å². The zero-order chi connectivity index (χ0) is 11.4. The van der Waals surface area contributed by atoms with Crippen LogP contribution in [-0.4, -0.2) is 50.8 Å². The molecule has 0 aromatic rings. The van der Waals surface area contributed by atoms with E-state index < -0.39 is 0 Å². The van der Waals surface area contributed by atoms with Crippen molar-refractivity contribution in [3.8, 4) is 0 Å². The van der Waals surface area contributed by atoms with Crippen LogP contribution in [0.4, 0.5) is 0 Å². The number of nitrogens with one attached hydrogen (secondary N) is 1. The Kier molecular flexibility index (Phi) is 4.22. The highest BCUT2D eigenvalue weighted by Gasteiger charge is 2.33. The van der Waals surface area contributed by atoms with Crippen molar-refractivity contribution in [2.24, 2.45) is 5.41 Å². The third-order valence-electron chi connectivity index (χ3n) is 4.42. The molecule has 2 unspecified atom stereocenters. The normalized spacial score (nSPS) is 35.8. The van der Waals surface area contributed by atoms with Crippen LogP contribution >= 0.6 is 0 Å².